The summed E-state index contributed by atoms with van der Waals surface area (Å²) in [5, 5.41) is 0.585. The first-order valence-corrected chi connectivity index (χ1v) is 7.25. The van der Waals surface area contributed by atoms with Gasteiger partial charge in [0, 0.05) is 25.3 Å². The zero-order chi connectivity index (χ0) is 13.8. The number of hydrogen-bond acceptors (Lipinski definition) is 2. The van der Waals surface area contributed by atoms with Crippen LogP contribution in [0.15, 0.2) is 12.3 Å². The number of aromatic nitrogens is 1. The third-order valence-electron chi connectivity index (χ3n) is 3.69. The fraction of sp³-hybridized carbons (Fsp3) is 0.643. The normalized spacial score (nSPS) is 16.2. The predicted molar refractivity (Wildman–Crippen MR) is 77.6 cm³/mol. The van der Waals surface area contributed by atoms with Gasteiger partial charge in [0.05, 0.1) is 5.02 Å². The van der Waals surface area contributed by atoms with Crippen molar-refractivity contribution in [2.75, 3.05) is 27.2 Å². The van der Waals surface area contributed by atoms with E-state index in [-0.39, 0.29) is 5.91 Å². The molecule has 1 aromatic heterocycles. The molecule has 1 fully saturated rings. The first kappa shape index (κ1) is 14.4. The maximum Gasteiger partial charge on any atom is 0.270 e. The van der Waals surface area contributed by atoms with Gasteiger partial charge in [0.2, 0.25) is 0 Å². The van der Waals surface area contributed by atoms with Gasteiger partial charge in [0.1, 0.15) is 5.69 Å². The molecule has 0 atom stereocenters. The lowest BCUT2D eigenvalue weighted by Crippen LogP contribution is -2.42. The van der Waals surface area contributed by atoms with Gasteiger partial charge in [-0.2, -0.15) is 0 Å². The Morgan fingerprint density at radius 1 is 1.37 bits per heavy atom. The minimum atomic E-state index is 0.0700. The monoisotopic (exact) mass is 283 g/mol. The molecule has 2 rings (SSSR count). The molecular weight excluding hydrogens is 262 g/mol. The highest BCUT2D eigenvalue weighted by Crippen LogP contribution is 2.25. The highest BCUT2D eigenvalue weighted by molar-refractivity contribution is 6.30. The van der Waals surface area contributed by atoms with E-state index in [1.165, 1.54) is 12.8 Å². The van der Waals surface area contributed by atoms with E-state index in [9.17, 15) is 4.79 Å². The first-order chi connectivity index (χ1) is 9.08. The van der Waals surface area contributed by atoms with E-state index >= 15 is 0 Å². The van der Waals surface area contributed by atoms with Crippen molar-refractivity contribution >= 4 is 17.5 Å². The molecule has 1 saturated carbocycles. The predicted octanol–water partition coefficient (Wildman–Crippen LogP) is 2.61. The lowest BCUT2D eigenvalue weighted by Gasteiger charge is -2.29. The van der Waals surface area contributed by atoms with Crippen LogP contribution in [0.3, 0.4) is 0 Å². The van der Waals surface area contributed by atoms with Crippen molar-refractivity contribution in [3.05, 3.63) is 23.0 Å². The molecule has 1 N–H and O–H groups in total. The Morgan fingerprint density at radius 2 is 2.05 bits per heavy atom. The average Bonchev–Trinajstić information content (AvgIpc) is 3.00. The molecule has 1 aromatic rings. The van der Waals surface area contributed by atoms with Crippen LogP contribution in [-0.4, -0.2) is 53.9 Å². The molecule has 1 aliphatic carbocycles. The second-order valence-electron chi connectivity index (χ2n) is 5.47. The zero-order valence-electron chi connectivity index (χ0n) is 11.7. The average molecular weight is 284 g/mol. The number of halogens is 1. The fourth-order valence-electron chi connectivity index (χ4n) is 2.62. The highest BCUT2D eigenvalue weighted by atomic mass is 35.5. The first-order valence-electron chi connectivity index (χ1n) is 6.87. The summed E-state index contributed by atoms with van der Waals surface area (Å²) >= 11 is 5.89. The van der Waals surface area contributed by atoms with Crippen LogP contribution in [0.4, 0.5) is 0 Å². The molecule has 1 amide bonds. The smallest absolute Gasteiger partial charge is 0.270 e. The number of nitrogens with zero attached hydrogens (tertiary/aromatic N) is 2. The van der Waals surface area contributed by atoms with Crippen LogP contribution < -0.4 is 0 Å². The second kappa shape index (κ2) is 6.44. The molecule has 0 saturated heterocycles. The topological polar surface area (TPSA) is 39.3 Å². The third kappa shape index (κ3) is 3.74. The van der Waals surface area contributed by atoms with Crippen molar-refractivity contribution in [1.82, 2.24) is 14.8 Å². The van der Waals surface area contributed by atoms with Gasteiger partial charge in [-0.1, -0.05) is 24.4 Å². The van der Waals surface area contributed by atoms with Gasteiger partial charge in [-0.25, -0.2) is 0 Å². The zero-order valence-corrected chi connectivity index (χ0v) is 12.4. The van der Waals surface area contributed by atoms with Gasteiger partial charge in [0.15, 0.2) is 0 Å². The minimum absolute atomic E-state index is 0.0700. The van der Waals surface area contributed by atoms with Crippen LogP contribution in [0.25, 0.3) is 0 Å². The van der Waals surface area contributed by atoms with Crippen LogP contribution in [0.5, 0.6) is 0 Å². The number of hydrogen-bond donors (Lipinski definition) is 1. The molecule has 1 heterocycles. The number of carbonyl (C=O) groups is 1. The molecule has 106 valence electrons. The van der Waals surface area contributed by atoms with Crippen molar-refractivity contribution in [3.63, 3.8) is 0 Å². The summed E-state index contributed by atoms with van der Waals surface area (Å²) in [6.45, 7) is 1.66. The molecule has 0 spiro atoms. The van der Waals surface area contributed by atoms with E-state index in [1.807, 2.05) is 19.0 Å². The Morgan fingerprint density at radius 3 is 2.58 bits per heavy atom. The van der Waals surface area contributed by atoms with Gasteiger partial charge in [-0.3, -0.25) is 4.79 Å². The number of carbonyl (C=O) groups excluding carboxylic acids is 1. The summed E-state index contributed by atoms with van der Waals surface area (Å²) < 4.78 is 0. The van der Waals surface area contributed by atoms with Gasteiger partial charge in [-0.05, 0) is 33.0 Å². The van der Waals surface area contributed by atoms with Gasteiger partial charge < -0.3 is 14.8 Å². The SMILES string of the molecule is CN(C)CCN(C(=O)c1cc(Cl)c[nH]1)C1CCCC1. The largest absolute Gasteiger partial charge is 0.356 e. The fourth-order valence-corrected chi connectivity index (χ4v) is 2.78. The molecule has 0 bridgehead atoms. The summed E-state index contributed by atoms with van der Waals surface area (Å²) in [5.74, 6) is 0.0700. The maximum absolute atomic E-state index is 12.6. The number of nitrogens with one attached hydrogen (secondary N) is 1. The number of rotatable bonds is 5. The minimum Gasteiger partial charge on any atom is -0.356 e. The lowest BCUT2D eigenvalue weighted by atomic mass is 10.2. The standard InChI is InChI=1S/C14H22ClN3O/c1-17(2)7-8-18(12-5-3-4-6-12)14(19)13-9-11(15)10-16-13/h9-10,12,16H,3-8H2,1-2H3. The Hall–Kier alpha value is -1.00. The van der Waals surface area contributed by atoms with E-state index in [0.717, 1.165) is 25.9 Å². The number of aromatic amines is 1. The van der Waals surface area contributed by atoms with Gasteiger partial charge >= 0.3 is 0 Å². The van der Waals surface area contributed by atoms with Crippen molar-refractivity contribution in [2.45, 2.75) is 31.7 Å². The van der Waals surface area contributed by atoms with Gasteiger partial charge in [0.25, 0.3) is 5.91 Å². The second-order valence-corrected chi connectivity index (χ2v) is 5.91. The van der Waals surface area contributed by atoms with Crippen LogP contribution in [0, 0.1) is 0 Å². The van der Waals surface area contributed by atoms with Crippen LogP contribution in [0.1, 0.15) is 36.2 Å². The van der Waals surface area contributed by atoms with Crippen molar-refractivity contribution in [2.24, 2.45) is 0 Å². The molecule has 0 unspecified atom stereocenters. The quantitative estimate of drug-likeness (QED) is 0.902. The number of H-pyrrole nitrogens is 1. The van der Waals surface area contributed by atoms with E-state index in [1.54, 1.807) is 12.3 Å². The Kier molecular flexibility index (Phi) is 4.88. The maximum atomic E-state index is 12.6. The summed E-state index contributed by atoms with van der Waals surface area (Å²) in [7, 11) is 4.06. The Labute approximate surface area is 119 Å². The molecule has 19 heavy (non-hydrogen) atoms. The van der Waals surface area contributed by atoms with E-state index in [4.69, 9.17) is 11.6 Å². The molecule has 5 heteroatoms. The summed E-state index contributed by atoms with van der Waals surface area (Å²) in [6, 6.07) is 2.09. The summed E-state index contributed by atoms with van der Waals surface area (Å²) in [4.78, 5) is 19.7. The Balaban J connectivity index is 2.09. The van der Waals surface area contributed by atoms with E-state index in [2.05, 4.69) is 9.88 Å². The molecule has 4 nitrogen and oxygen atoms in total. The van der Waals surface area contributed by atoms with Crippen molar-refractivity contribution in [1.29, 1.82) is 0 Å². The lowest BCUT2D eigenvalue weighted by molar-refractivity contribution is 0.0662. The molecule has 0 aromatic carbocycles. The van der Waals surface area contributed by atoms with Crippen LogP contribution in [0.2, 0.25) is 5.02 Å². The summed E-state index contributed by atoms with van der Waals surface area (Å²) in [6.07, 6.45) is 6.35. The third-order valence-corrected chi connectivity index (χ3v) is 3.91. The van der Waals surface area contributed by atoms with E-state index in [0.29, 0.717) is 16.8 Å². The van der Waals surface area contributed by atoms with Crippen molar-refractivity contribution in [3.8, 4) is 0 Å². The number of likely N-dealkylation sites (N-methyl/N-ethyl adjacent to an activating group) is 1. The van der Waals surface area contributed by atoms with Gasteiger partial charge in [-0.15, -0.1) is 0 Å². The Bertz CT molecular complexity index is 424. The van der Waals surface area contributed by atoms with Crippen LogP contribution >= 0.6 is 11.6 Å². The highest BCUT2D eigenvalue weighted by Gasteiger charge is 2.27. The molecule has 0 radical (unpaired) electrons. The molecule has 1 aliphatic rings. The molecular formula is C14H22ClN3O. The molecule has 0 aliphatic heterocycles. The van der Waals surface area contributed by atoms with E-state index < -0.39 is 0 Å². The van der Waals surface area contributed by atoms with Crippen molar-refractivity contribution < 1.29 is 4.79 Å². The van der Waals surface area contributed by atoms with Crippen LogP contribution in [-0.2, 0) is 0 Å². The number of amides is 1. The summed E-state index contributed by atoms with van der Waals surface area (Å²) in [5.41, 5.74) is 0.593.